The second-order valence-corrected chi connectivity index (χ2v) is 3.21. The molecule has 0 fully saturated rings. The molecule has 82 valence electrons. The summed E-state index contributed by atoms with van der Waals surface area (Å²) in [7, 11) is 1.62. The quantitative estimate of drug-likeness (QED) is 0.776. The Bertz CT molecular complexity index is 533. The molecule has 16 heavy (non-hydrogen) atoms. The molecule has 0 amide bonds. The van der Waals surface area contributed by atoms with Crippen molar-refractivity contribution < 1.29 is 14.3 Å². The van der Waals surface area contributed by atoms with Crippen molar-refractivity contribution in [3.63, 3.8) is 0 Å². The number of hydrogen-bond donors (Lipinski definition) is 1. The van der Waals surface area contributed by atoms with Crippen LogP contribution < -0.4 is 0 Å². The minimum atomic E-state index is -1.08. The minimum absolute atomic E-state index is 0.0657. The molecule has 0 unspecified atom stereocenters. The van der Waals surface area contributed by atoms with Gasteiger partial charge in [0.1, 0.15) is 5.56 Å². The van der Waals surface area contributed by atoms with E-state index in [0.717, 1.165) is 0 Å². The zero-order valence-corrected chi connectivity index (χ0v) is 8.38. The topological polar surface area (TPSA) is 68.0 Å². The van der Waals surface area contributed by atoms with Crippen LogP contribution in [0, 0.1) is 5.95 Å². The third-order valence-corrected chi connectivity index (χ3v) is 2.17. The van der Waals surface area contributed by atoms with E-state index in [1.165, 1.54) is 29.2 Å². The van der Waals surface area contributed by atoms with Crippen molar-refractivity contribution in [3.8, 4) is 11.3 Å². The maximum atomic E-state index is 12.6. The number of halogens is 1. The van der Waals surface area contributed by atoms with Crippen LogP contribution in [0.1, 0.15) is 10.4 Å². The van der Waals surface area contributed by atoms with Crippen LogP contribution in [0.4, 0.5) is 4.39 Å². The maximum absolute atomic E-state index is 12.6. The predicted octanol–water partition coefficient (Wildman–Crippen LogP) is 1.32. The Labute approximate surface area is 90.2 Å². The average Bonchev–Trinajstić information content (AvgIpc) is 2.62. The first-order valence-electron chi connectivity index (χ1n) is 4.47. The molecular weight excluding hydrogens is 213 g/mol. The van der Waals surface area contributed by atoms with Gasteiger partial charge in [-0.15, -0.1) is 0 Å². The van der Waals surface area contributed by atoms with Gasteiger partial charge in [-0.05, 0) is 12.1 Å². The Morgan fingerprint density at radius 3 is 2.75 bits per heavy atom. The van der Waals surface area contributed by atoms with Gasteiger partial charge < -0.3 is 5.11 Å². The monoisotopic (exact) mass is 221 g/mol. The van der Waals surface area contributed by atoms with Crippen molar-refractivity contribution in [1.29, 1.82) is 0 Å². The zero-order valence-electron chi connectivity index (χ0n) is 8.38. The Morgan fingerprint density at radius 2 is 2.19 bits per heavy atom. The van der Waals surface area contributed by atoms with Crippen LogP contribution in [0.15, 0.2) is 24.5 Å². The van der Waals surface area contributed by atoms with Crippen LogP contribution in [-0.2, 0) is 7.05 Å². The zero-order chi connectivity index (χ0) is 11.7. The average molecular weight is 221 g/mol. The van der Waals surface area contributed by atoms with Gasteiger partial charge in [0.2, 0.25) is 5.95 Å². The van der Waals surface area contributed by atoms with Crippen LogP contribution in [0.2, 0.25) is 0 Å². The Morgan fingerprint density at radius 1 is 1.44 bits per heavy atom. The number of pyridine rings is 1. The number of carboxylic acid groups (broad SMARTS) is 1. The third kappa shape index (κ3) is 1.65. The standard InChI is InChI=1S/C10H8FN3O2/c1-14-9(7(5-13-14)10(15)16)6-2-3-8(11)12-4-6/h2-5H,1H3,(H,15,16). The van der Waals surface area contributed by atoms with Gasteiger partial charge in [0.05, 0.1) is 11.9 Å². The lowest BCUT2D eigenvalue weighted by Gasteiger charge is -2.03. The molecule has 2 rings (SSSR count). The van der Waals surface area contributed by atoms with Crippen LogP contribution in [0.25, 0.3) is 11.3 Å². The Hall–Kier alpha value is -2.24. The highest BCUT2D eigenvalue weighted by atomic mass is 19.1. The number of carbonyl (C=O) groups is 1. The van der Waals surface area contributed by atoms with E-state index in [4.69, 9.17) is 5.11 Å². The molecule has 2 aromatic rings. The first-order chi connectivity index (χ1) is 7.59. The van der Waals surface area contributed by atoms with Gasteiger partial charge in [-0.3, -0.25) is 4.68 Å². The van der Waals surface area contributed by atoms with Gasteiger partial charge in [-0.2, -0.15) is 9.49 Å². The SMILES string of the molecule is Cn1ncc(C(=O)O)c1-c1ccc(F)nc1. The largest absolute Gasteiger partial charge is 0.478 e. The van der Waals surface area contributed by atoms with Crippen molar-refractivity contribution >= 4 is 5.97 Å². The van der Waals surface area contributed by atoms with Crippen molar-refractivity contribution in [2.24, 2.45) is 7.05 Å². The van der Waals surface area contributed by atoms with E-state index < -0.39 is 11.9 Å². The molecule has 0 atom stereocenters. The van der Waals surface area contributed by atoms with Gasteiger partial charge in [-0.1, -0.05) is 0 Å². The second-order valence-electron chi connectivity index (χ2n) is 3.21. The van der Waals surface area contributed by atoms with E-state index in [1.807, 2.05) is 0 Å². The molecule has 1 N–H and O–H groups in total. The summed E-state index contributed by atoms with van der Waals surface area (Å²) in [6, 6.07) is 2.64. The number of aryl methyl sites for hydroxylation is 1. The van der Waals surface area contributed by atoms with Gasteiger partial charge >= 0.3 is 5.97 Å². The van der Waals surface area contributed by atoms with E-state index in [-0.39, 0.29) is 5.56 Å². The third-order valence-electron chi connectivity index (χ3n) is 2.17. The molecule has 0 saturated heterocycles. The number of hydrogen-bond acceptors (Lipinski definition) is 3. The normalized spacial score (nSPS) is 10.4. The minimum Gasteiger partial charge on any atom is -0.478 e. The lowest BCUT2D eigenvalue weighted by Crippen LogP contribution is -2.01. The number of aromatic nitrogens is 3. The fourth-order valence-electron chi connectivity index (χ4n) is 1.45. The molecule has 0 spiro atoms. The highest BCUT2D eigenvalue weighted by Crippen LogP contribution is 2.22. The number of rotatable bonds is 2. The summed E-state index contributed by atoms with van der Waals surface area (Å²) in [5, 5.41) is 12.8. The van der Waals surface area contributed by atoms with Crippen molar-refractivity contribution in [1.82, 2.24) is 14.8 Å². The second kappa shape index (κ2) is 3.73. The molecule has 2 aromatic heterocycles. The van der Waals surface area contributed by atoms with E-state index in [1.54, 1.807) is 7.05 Å². The molecule has 0 aromatic carbocycles. The summed E-state index contributed by atoms with van der Waals surface area (Å²) in [4.78, 5) is 14.4. The molecular formula is C10H8FN3O2. The number of carboxylic acids is 1. The smallest absolute Gasteiger partial charge is 0.339 e. The lowest BCUT2D eigenvalue weighted by atomic mass is 10.1. The summed E-state index contributed by atoms with van der Waals surface area (Å²) >= 11 is 0. The molecule has 0 radical (unpaired) electrons. The van der Waals surface area contributed by atoms with Gasteiger partial charge in [-0.25, -0.2) is 9.78 Å². The molecule has 0 aliphatic heterocycles. The van der Waals surface area contributed by atoms with Crippen molar-refractivity contribution in [3.05, 3.63) is 36.0 Å². The summed E-state index contributed by atoms with van der Waals surface area (Å²) in [6.07, 6.45) is 2.53. The highest BCUT2D eigenvalue weighted by Gasteiger charge is 2.16. The fourth-order valence-corrected chi connectivity index (χ4v) is 1.45. The maximum Gasteiger partial charge on any atom is 0.339 e. The lowest BCUT2D eigenvalue weighted by molar-refractivity contribution is 0.0697. The molecule has 0 aliphatic rings. The molecule has 2 heterocycles. The van der Waals surface area contributed by atoms with Crippen LogP contribution in [0.5, 0.6) is 0 Å². The molecule has 0 saturated carbocycles. The summed E-state index contributed by atoms with van der Waals surface area (Å²) in [5.74, 6) is -1.68. The van der Waals surface area contributed by atoms with E-state index >= 15 is 0 Å². The predicted molar refractivity (Wildman–Crippen MR) is 53.4 cm³/mol. The van der Waals surface area contributed by atoms with Gasteiger partial charge in [0.15, 0.2) is 0 Å². The van der Waals surface area contributed by atoms with E-state index in [2.05, 4.69) is 10.1 Å². The number of aromatic carboxylic acids is 1. The van der Waals surface area contributed by atoms with Crippen molar-refractivity contribution in [2.45, 2.75) is 0 Å². The highest BCUT2D eigenvalue weighted by molar-refractivity contribution is 5.94. The first-order valence-corrected chi connectivity index (χ1v) is 4.47. The summed E-state index contributed by atoms with van der Waals surface area (Å²) < 4.78 is 14.1. The Balaban J connectivity index is 2.58. The molecule has 6 heteroatoms. The molecule has 0 aliphatic carbocycles. The van der Waals surface area contributed by atoms with Crippen molar-refractivity contribution in [2.75, 3.05) is 0 Å². The van der Waals surface area contributed by atoms with Crippen LogP contribution >= 0.6 is 0 Å². The van der Waals surface area contributed by atoms with Crippen LogP contribution in [0.3, 0.4) is 0 Å². The summed E-state index contributed by atoms with van der Waals surface area (Å²) in [5.41, 5.74) is 0.981. The van der Waals surface area contributed by atoms with Gasteiger partial charge in [0.25, 0.3) is 0 Å². The summed E-state index contributed by atoms with van der Waals surface area (Å²) in [6.45, 7) is 0. The molecule has 5 nitrogen and oxygen atoms in total. The Kier molecular flexibility index (Phi) is 2.40. The van der Waals surface area contributed by atoms with Crippen LogP contribution in [-0.4, -0.2) is 25.8 Å². The van der Waals surface area contributed by atoms with E-state index in [9.17, 15) is 9.18 Å². The van der Waals surface area contributed by atoms with Gasteiger partial charge in [0, 0.05) is 18.8 Å². The number of nitrogens with zero attached hydrogens (tertiary/aromatic N) is 3. The fraction of sp³-hybridized carbons (Fsp3) is 0.100. The molecule has 0 bridgehead atoms. The van der Waals surface area contributed by atoms with E-state index in [0.29, 0.717) is 11.3 Å². The first kappa shape index (κ1) is 10.3.